The Morgan fingerprint density at radius 2 is 1.85 bits per heavy atom. The van der Waals surface area contributed by atoms with E-state index in [1.54, 1.807) is 17.0 Å². The van der Waals surface area contributed by atoms with E-state index in [2.05, 4.69) is 34.3 Å². The molecule has 1 spiro atoms. The minimum atomic E-state index is -2.64. The first-order valence-corrected chi connectivity index (χ1v) is 13.9. The van der Waals surface area contributed by atoms with E-state index in [0.29, 0.717) is 43.8 Å². The van der Waals surface area contributed by atoms with E-state index >= 15 is 0 Å². The minimum Gasteiger partial charge on any atom is -0.491 e. The van der Waals surface area contributed by atoms with Gasteiger partial charge in [0, 0.05) is 43.7 Å². The largest absolute Gasteiger partial charge is 0.491 e. The molecule has 39 heavy (non-hydrogen) atoms. The lowest BCUT2D eigenvalue weighted by Gasteiger charge is -2.48. The van der Waals surface area contributed by atoms with Crippen LogP contribution in [0.15, 0.2) is 53.5 Å². The van der Waals surface area contributed by atoms with E-state index in [1.807, 2.05) is 26.0 Å². The van der Waals surface area contributed by atoms with Crippen LogP contribution in [-0.4, -0.2) is 53.0 Å². The number of benzene rings is 2. The fraction of sp³-hybridized carbons (Fsp3) is 0.533. The number of alkyl halides is 2. The highest BCUT2D eigenvalue weighted by Crippen LogP contribution is 2.42. The van der Waals surface area contributed by atoms with Gasteiger partial charge in [-0.1, -0.05) is 18.2 Å². The summed E-state index contributed by atoms with van der Waals surface area (Å²) in [7, 11) is 0. The molecule has 0 radical (unpaired) electrons. The molecule has 1 N–H and O–H groups in total. The van der Waals surface area contributed by atoms with Crippen molar-refractivity contribution in [2.45, 2.75) is 95.5 Å². The van der Waals surface area contributed by atoms with Gasteiger partial charge in [-0.05, 0) is 82.3 Å². The Bertz CT molecular complexity index is 1230. The third-order valence-corrected chi connectivity index (χ3v) is 8.12. The SMILES string of the molecule is CC(C)Oc1cccc(CN2CCC3(CC2C)C(NC2CCC(F)(F)CC2)=NC(=O)N3c2cccc(F)c2)c1. The van der Waals surface area contributed by atoms with E-state index in [4.69, 9.17) is 4.74 Å². The molecule has 1 saturated carbocycles. The molecule has 2 unspecified atom stereocenters. The number of piperidine rings is 1. The van der Waals surface area contributed by atoms with Crippen LogP contribution in [0, 0.1) is 5.82 Å². The van der Waals surface area contributed by atoms with Crippen molar-refractivity contribution in [1.29, 1.82) is 0 Å². The summed E-state index contributed by atoms with van der Waals surface area (Å²) in [5.41, 5.74) is 0.786. The van der Waals surface area contributed by atoms with Crippen LogP contribution in [0.5, 0.6) is 5.75 Å². The number of nitrogens with zero attached hydrogens (tertiary/aromatic N) is 3. The second-order valence-electron chi connectivity index (χ2n) is 11.5. The Labute approximate surface area is 228 Å². The maximum absolute atomic E-state index is 14.3. The smallest absolute Gasteiger partial charge is 0.350 e. The molecule has 0 bridgehead atoms. The summed E-state index contributed by atoms with van der Waals surface area (Å²) in [6, 6.07) is 13.5. The van der Waals surface area contributed by atoms with Crippen molar-refractivity contribution < 1.29 is 22.7 Å². The van der Waals surface area contributed by atoms with Crippen molar-refractivity contribution in [2.24, 2.45) is 4.99 Å². The Hall–Kier alpha value is -3.07. The molecule has 2 aliphatic heterocycles. The van der Waals surface area contributed by atoms with Gasteiger partial charge in [0.05, 0.1) is 6.10 Å². The number of anilines is 1. The van der Waals surface area contributed by atoms with Crippen LogP contribution in [0.1, 0.15) is 64.9 Å². The summed E-state index contributed by atoms with van der Waals surface area (Å²) in [5, 5.41) is 3.40. The van der Waals surface area contributed by atoms with Crippen molar-refractivity contribution in [3.05, 3.63) is 59.9 Å². The fourth-order valence-corrected chi connectivity index (χ4v) is 6.20. The normalized spacial score (nSPS) is 25.8. The predicted molar refractivity (Wildman–Crippen MR) is 146 cm³/mol. The monoisotopic (exact) mass is 542 g/mol. The third-order valence-electron chi connectivity index (χ3n) is 8.12. The van der Waals surface area contributed by atoms with Gasteiger partial charge in [0.2, 0.25) is 5.92 Å². The zero-order valence-corrected chi connectivity index (χ0v) is 22.8. The quantitative estimate of drug-likeness (QED) is 0.450. The predicted octanol–water partition coefficient (Wildman–Crippen LogP) is 6.54. The van der Waals surface area contributed by atoms with Gasteiger partial charge in [0.25, 0.3) is 0 Å². The number of carbonyl (C=O) groups is 1. The van der Waals surface area contributed by atoms with Gasteiger partial charge in [0.1, 0.15) is 22.9 Å². The Balaban J connectivity index is 1.39. The summed E-state index contributed by atoms with van der Waals surface area (Å²) < 4.78 is 47.8. The molecule has 3 aliphatic rings. The van der Waals surface area contributed by atoms with E-state index in [-0.39, 0.29) is 31.0 Å². The van der Waals surface area contributed by atoms with E-state index in [1.165, 1.54) is 12.1 Å². The third kappa shape index (κ3) is 5.93. The van der Waals surface area contributed by atoms with Crippen molar-refractivity contribution in [1.82, 2.24) is 10.2 Å². The number of urea groups is 1. The van der Waals surface area contributed by atoms with Crippen LogP contribution < -0.4 is 15.0 Å². The number of nitrogens with one attached hydrogen (secondary N) is 1. The summed E-state index contributed by atoms with van der Waals surface area (Å²) in [6.07, 6.45) is 1.50. The Kier molecular flexibility index (Phi) is 7.64. The summed E-state index contributed by atoms with van der Waals surface area (Å²) in [5.74, 6) is -1.72. The number of hydrogen-bond donors (Lipinski definition) is 1. The Morgan fingerprint density at radius 3 is 2.54 bits per heavy atom. The first-order chi connectivity index (χ1) is 18.5. The highest BCUT2D eigenvalue weighted by Gasteiger charge is 2.54. The van der Waals surface area contributed by atoms with Gasteiger partial charge in [-0.25, -0.2) is 18.0 Å². The number of carbonyl (C=O) groups excluding carboxylic acids is 1. The standard InChI is InChI=1S/C30H37F3N4O2/c1-20(2)39-26-9-4-6-22(16-26)19-36-15-14-29(18-21(36)3)27(34-24-10-12-30(32,33)13-11-24)35-28(38)37(29)25-8-5-7-23(31)17-25/h4-9,16-17,20-21,24H,10-15,18-19H2,1-3H3,(H,34,35,38). The molecular weight excluding hydrogens is 505 g/mol. The number of likely N-dealkylation sites (tertiary alicyclic amines) is 1. The number of amidine groups is 1. The first-order valence-electron chi connectivity index (χ1n) is 13.9. The lowest BCUT2D eigenvalue weighted by Crippen LogP contribution is -2.64. The maximum Gasteiger partial charge on any atom is 0.350 e. The molecule has 210 valence electrons. The molecule has 9 heteroatoms. The average molecular weight is 543 g/mol. The molecular formula is C30H37F3N4O2. The highest BCUT2D eigenvalue weighted by atomic mass is 19.3. The van der Waals surface area contributed by atoms with Crippen molar-refractivity contribution >= 4 is 17.6 Å². The second-order valence-corrected chi connectivity index (χ2v) is 11.5. The van der Waals surface area contributed by atoms with Crippen LogP contribution >= 0.6 is 0 Å². The number of halogens is 3. The fourth-order valence-electron chi connectivity index (χ4n) is 6.20. The number of rotatable bonds is 6. The highest BCUT2D eigenvalue weighted by molar-refractivity contribution is 6.16. The number of aliphatic imine (C=N–C) groups is 1. The molecule has 2 amide bonds. The lowest BCUT2D eigenvalue weighted by atomic mass is 9.80. The second kappa shape index (κ2) is 10.8. The van der Waals surface area contributed by atoms with Crippen LogP contribution in [-0.2, 0) is 6.54 Å². The maximum atomic E-state index is 14.3. The van der Waals surface area contributed by atoms with Crippen molar-refractivity contribution in [3.8, 4) is 5.75 Å². The number of hydrogen-bond acceptors (Lipinski definition) is 4. The van der Waals surface area contributed by atoms with Crippen LogP contribution in [0.3, 0.4) is 0 Å². The van der Waals surface area contributed by atoms with Gasteiger partial charge >= 0.3 is 6.03 Å². The molecule has 2 aromatic carbocycles. The zero-order valence-electron chi connectivity index (χ0n) is 22.8. The first kappa shape index (κ1) is 27.5. The molecule has 2 atom stereocenters. The summed E-state index contributed by atoms with van der Waals surface area (Å²) >= 11 is 0. The van der Waals surface area contributed by atoms with Gasteiger partial charge in [-0.2, -0.15) is 4.99 Å². The van der Waals surface area contributed by atoms with E-state index in [9.17, 15) is 18.0 Å². The van der Waals surface area contributed by atoms with E-state index < -0.39 is 23.3 Å². The van der Waals surface area contributed by atoms with Crippen molar-refractivity contribution in [3.63, 3.8) is 0 Å². The lowest BCUT2D eigenvalue weighted by molar-refractivity contribution is -0.0391. The number of amides is 2. The van der Waals surface area contributed by atoms with Crippen molar-refractivity contribution in [2.75, 3.05) is 11.4 Å². The molecule has 1 saturated heterocycles. The van der Waals surface area contributed by atoms with Gasteiger partial charge in [0.15, 0.2) is 0 Å². The topological polar surface area (TPSA) is 57.2 Å². The minimum absolute atomic E-state index is 0.0677. The molecule has 2 aromatic rings. The number of ether oxygens (including phenoxy) is 1. The van der Waals surface area contributed by atoms with Crippen LogP contribution in [0.2, 0.25) is 0 Å². The molecule has 0 aromatic heterocycles. The molecule has 5 rings (SSSR count). The van der Waals surface area contributed by atoms with Crippen LogP contribution in [0.4, 0.5) is 23.7 Å². The van der Waals surface area contributed by atoms with Gasteiger partial charge in [-0.15, -0.1) is 0 Å². The average Bonchev–Trinajstić information content (AvgIpc) is 3.12. The zero-order chi connectivity index (χ0) is 27.8. The molecule has 6 nitrogen and oxygen atoms in total. The summed E-state index contributed by atoms with van der Waals surface area (Å²) in [4.78, 5) is 21.7. The molecule has 1 aliphatic carbocycles. The van der Waals surface area contributed by atoms with E-state index in [0.717, 1.165) is 17.9 Å². The van der Waals surface area contributed by atoms with Crippen LogP contribution in [0.25, 0.3) is 0 Å². The molecule has 2 fully saturated rings. The Morgan fingerprint density at radius 1 is 1.10 bits per heavy atom. The molecule has 2 heterocycles. The van der Waals surface area contributed by atoms with Gasteiger partial charge in [-0.3, -0.25) is 9.80 Å². The summed E-state index contributed by atoms with van der Waals surface area (Å²) in [6.45, 7) is 7.52. The van der Waals surface area contributed by atoms with Gasteiger partial charge < -0.3 is 10.1 Å².